The van der Waals surface area contributed by atoms with Gasteiger partial charge in [-0.15, -0.1) is 0 Å². The van der Waals surface area contributed by atoms with Crippen LogP contribution in [-0.2, 0) is 11.8 Å². The van der Waals surface area contributed by atoms with Gasteiger partial charge >= 0.3 is 0 Å². The second-order valence-corrected chi connectivity index (χ2v) is 12.2. The summed E-state index contributed by atoms with van der Waals surface area (Å²) in [5, 5.41) is 0. The van der Waals surface area contributed by atoms with E-state index < -0.39 is 0 Å². The molecular weight excluding hydrogens is 427 g/mol. The van der Waals surface area contributed by atoms with Crippen LogP contribution in [-0.4, -0.2) is 0 Å². The van der Waals surface area contributed by atoms with Gasteiger partial charge in [-0.2, -0.15) is 0 Å². The highest BCUT2D eigenvalue weighted by atomic mass is 19.1. The van der Waals surface area contributed by atoms with Crippen molar-refractivity contribution in [3.8, 4) is 0 Å². The second-order valence-electron chi connectivity index (χ2n) is 12.2. The lowest BCUT2D eigenvalue weighted by Crippen LogP contribution is -2.44. The number of hydrogen-bond donors (Lipinski definition) is 0. The molecule has 0 nitrogen and oxygen atoms in total. The predicted molar refractivity (Wildman–Crippen MR) is 152 cm³/mol. The van der Waals surface area contributed by atoms with Gasteiger partial charge in [-0.3, -0.25) is 0 Å². The van der Waals surface area contributed by atoms with Crippen LogP contribution in [0, 0.1) is 17.7 Å². The number of hydrogen-bond acceptors (Lipinski definition) is 0. The normalized spacial score (nSPS) is 19.6. The standard InChI is InChI=1S/C34H57F/c1-3-5-7-10-15-20-29-25-26-32(33(35)28-29)34(27-6-4-2,30-21-16-11-8-12-17-22-30)31-23-18-13-9-14-19-24-31/h25-26,28,30-31H,3-24,27H2,1-2H3. The number of rotatable bonds is 12. The van der Waals surface area contributed by atoms with Crippen LogP contribution in [0.1, 0.15) is 166 Å². The summed E-state index contributed by atoms with van der Waals surface area (Å²) >= 11 is 0. The summed E-state index contributed by atoms with van der Waals surface area (Å²) in [5.41, 5.74) is 2.40. The van der Waals surface area contributed by atoms with Crippen molar-refractivity contribution in [3.05, 3.63) is 35.1 Å². The molecule has 1 aromatic rings. The predicted octanol–water partition coefficient (Wildman–Crippen LogP) is 11.5. The first-order valence-electron chi connectivity index (χ1n) is 16.0. The molecule has 1 heteroatoms. The van der Waals surface area contributed by atoms with E-state index in [1.807, 2.05) is 6.07 Å². The quantitative estimate of drug-likeness (QED) is 0.259. The molecule has 0 heterocycles. The van der Waals surface area contributed by atoms with E-state index in [1.54, 1.807) is 0 Å². The minimum atomic E-state index is 0.0500. The molecule has 0 N–H and O–H groups in total. The van der Waals surface area contributed by atoms with E-state index in [0.29, 0.717) is 11.8 Å². The van der Waals surface area contributed by atoms with Gasteiger partial charge in [0, 0.05) is 5.41 Å². The fraction of sp³-hybridized carbons (Fsp3) is 0.824. The Morgan fingerprint density at radius 1 is 0.657 bits per heavy atom. The average Bonchev–Trinajstić information content (AvgIpc) is 2.81. The number of halogens is 1. The third-order valence-corrected chi connectivity index (χ3v) is 9.72. The van der Waals surface area contributed by atoms with Crippen molar-refractivity contribution in [2.45, 2.75) is 167 Å². The number of benzene rings is 1. The topological polar surface area (TPSA) is 0 Å². The molecule has 0 aliphatic heterocycles. The summed E-state index contributed by atoms with van der Waals surface area (Å²) in [6.45, 7) is 4.60. The van der Waals surface area contributed by atoms with Crippen molar-refractivity contribution in [2.24, 2.45) is 11.8 Å². The van der Waals surface area contributed by atoms with Gasteiger partial charge in [0.1, 0.15) is 5.82 Å². The molecule has 0 amide bonds. The number of unbranched alkanes of at least 4 members (excludes halogenated alkanes) is 5. The van der Waals surface area contributed by atoms with Crippen LogP contribution in [0.25, 0.3) is 0 Å². The van der Waals surface area contributed by atoms with Gasteiger partial charge < -0.3 is 0 Å². The number of aryl methyl sites for hydroxylation is 1. The zero-order valence-corrected chi connectivity index (χ0v) is 23.5. The lowest BCUT2D eigenvalue weighted by atomic mass is 9.55. The fourth-order valence-electron chi connectivity index (χ4n) is 7.75. The molecular formula is C34H57F. The summed E-state index contributed by atoms with van der Waals surface area (Å²) in [4.78, 5) is 0. The van der Waals surface area contributed by atoms with Gasteiger partial charge in [0.15, 0.2) is 0 Å². The Labute approximate surface area is 218 Å². The molecule has 0 bridgehead atoms. The molecule has 2 fully saturated rings. The molecule has 2 aliphatic rings. The van der Waals surface area contributed by atoms with Crippen LogP contribution in [0.15, 0.2) is 18.2 Å². The van der Waals surface area contributed by atoms with Crippen molar-refractivity contribution in [3.63, 3.8) is 0 Å². The molecule has 2 saturated carbocycles. The zero-order valence-electron chi connectivity index (χ0n) is 23.5. The first-order chi connectivity index (χ1) is 17.2. The summed E-state index contributed by atoms with van der Waals surface area (Å²) in [7, 11) is 0. The first-order valence-corrected chi connectivity index (χ1v) is 16.0. The van der Waals surface area contributed by atoms with E-state index in [4.69, 9.17) is 0 Å². The van der Waals surface area contributed by atoms with Gasteiger partial charge in [0.05, 0.1) is 0 Å². The van der Waals surface area contributed by atoms with Gasteiger partial charge in [0.2, 0.25) is 0 Å². The molecule has 2 aliphatic carbocycles. The highest BCUT2D eigenvalue weighted by molar-refractivity contribution is 5.33. The molecule has 0 saturated heterocycles. The first kappa shape index (κ1) is 28.7. The summed E-state index contributed by atoms with van der Waals surface area (Å²) < 4.78 is 16.3. The maximum Gasteiger partial charge on any atom is 0.127 e. The van der Waals surface area contributed by atoms with Gasteiger partial charge in [-0.05, 0) is 74.0 Å². The minimum absolute atomic E-state index is 0.0500. The van der Waals surface area contributed by atoms with E-state index in [2.05, 4.69) is 26.0 Å². The Hall–Kier alpha value is -0.850. The highest BCUT2D eigenvalue weighted by Gasteiger charge is 2.46. The molecule has 0 unspecified atom stereocenters. The summed E-state index contributed by atoms with van der Waals surface area (Å²) in [6, 6.07) is 6.58. The maximum atomic E-state index is 16.3. The molecule has 1 aromatic carbocycles. The molecule has 0 spiro atoms. The van der Waals surface area contributed by atoms with Crippen LogP contribution >= 0.6 is 0 Å². The molecule has 0 aromatic heterocycles. The Morgan fingerprint density at radius 2 is 1.17 bits per heavy atom. The van der Waals surface area contributed by atoms with Crippen LogP contribution in [0.5, 0.6) is 0 Å². The van der Waals surface area contributed by atoms with E-state index in [-0.39, 0.29) is 11.2 Å². The molecule has 0 radical (unpaired) electrons. The second kappa shape index (κ2) is 16.1. The third-order valence-electron chi connectivity index (χ3n) is 9.72. The fourth-order valence-corrected chi connectivity index (χ4v) is 7.75. The minimum Gasteiger partial charge on any atom is -0.207 e. The Bertz CT molecular complexity index is 654. The van der Waals surface area contributed by atoms with Crippen LogP contribution in [0.3, 0.4) is 0 Å². The summed E-state index contributed by atoms with van der Waals surface area (Å²) in [6.07, 6.45) is 30.1. The molecule has 0 atom stereocenters. The van der Waals surface area contributed by atoms with Crippen molar-refractivity contribution < 1.29 is 4.39 Å². The van der Waals surface area contributed by atoms with Crippen LogP contribution in [0.4, 0.5) is 4.39 Å². The smallest absolute Gasteiger partial charge is 0.127 e. The lowest BCUT2D eigenvalue weighted by molar-refractivity contribution is 0.0974. The molecule has 35 heavy (non-hydrogen) atoms. The van der Waals surface area contributed by atoms with Crippen LogP contribution in [0.2, 0.25) is 0 Å². The van der Waals surface area contributed by atoms with Crippen molar-refractivity contribution in [2.75, 3.05) is 0 Å². The monoisotopic (exact) mass is 484 g/mol. The van der Waals surface area contributed by atoms with E-state index >= 15 is 4.39 Å². The van der Waals surface area contributed by atoms with E-state index in [9.17, 15) is 0 Å². The Kier molecular flexibility index (Phi) is 13.2. The Morgan fingerprint density at radius 3 is 1.69 bits per heavy atom. The van der Waals surface area contributed by atoms with Gasteiger partial charge in [0.25, 0.3) is 0 Å². The van der Waals surface area contributed by atoms with Crippen molar-refractivity contribution >= 4 is 0 Å². The maximum absolute atomic E-state index is 16.3. The molecule has 200 valence electrons. The highest BCUT2D eigenvalue weighted by Crippen LogP contribution is 2.53. The van der Waals surface area contributed by atoms with Crippen molar-refractivity contribution in [1.29, 1.82) is 0 Å². The van der Waals surface area contributed by atoms with E-state index in [1.165, 1.54) is 147 Å². The largest absolute Gasteiger partial charge is 0.207 e. The zero-order chi connectivity index (χ0) is 24.8. The lowest BCUT2D eigenvalue weighted by Gasteiger charge is -2.49. The third kappa shape index (κ3) is 8.33. The average molecular weight is 485 g/mol. The van der Waals surface area contributed by atoms with Crippen molar-refractivity contribution in [1.82, 2.24) is 0 Å². The SMILES string of the molecule is CCCCCCCc1ccc(C(CCCC)(C2CCCCCCC2)C2CCCCCCC2)c(F)c1. The van der Waals surface area contributed by atoms with Crippen LogP contribution < -0.4 is 0 Å². The van der Waals surface area contributed by atoms with Gasteiger partial charge in [-0.1, -0.05) is 129 Å². The van der Waals surface area contributed by atoms with Gasteiger partial charge in [-0.25, -0.2) is 4.39 Å². The Balaban J connectivity index is 1.94. The van der Waals surface area contributed by atoms with E-state index in [0.717, 1.165) is 12.0 Å². The summed E-state index contributed by atoms with van der Waals surface area (Å²) in [5.74, 6) is 1.46. The molecule has 3 rings (SSSR count).